The highest BCUT2D eigenvalue weighted by atomic mass is 16.6. The fourth-order valence-corrected chi connectivity index (χ4v) is 2.49. The Morgan fingerprint density at radius 3 is 2.00 bits per heavy atom. The highest BCUT2D eigenvalue weighted by molar-refractivity contribution is 6.00. The number of carbonyl (C=O) groups is 4. The molecule has 2 aromatic carbocycles. The minimum atomic E-state index is -1.09. The topological polar surface area (TPSA) is 111 Å². The van der Waals surface area contributed by atoms with Crippen LogP contribution in [0.15, 0.2) is 48.5 Å². The van der Waals surface area contributed by atoms with Crippen LogP contribution < -0.4 is 10.6 Å². The zero-order valence-electron chi connectivity index (χ0n) is 18.1. The molecule has 0 aliphatic carbocycles. The largest absolute Gasteiger partial charge is 0.449 e. The number of anilines is 2. The van der Waals surface area contributed by atoms with Crippen molar-refractivity contribution in [2.75, 3.05) is 10.6 Å². The Bertz CT molecular complexity index is 994. The molecule has 2 rings (SSSR count). The molecule has 0 saturated carbocycles. The van der Waals surface area contributed by atoms with E-state index in [2.05, 4.69) is 10.6 Å². The zero-order valence-corrected chi connectivity index (χ0v) is 18.1. The summed E-state index contributed by atoms with van der Waals surface area (Å²) in [6.07, 6.45) is -1.74. The summed E-state index contributed by atoms with van der Waals surface area (Å²) < 4.78 is 10.4. The van der Waals surface area contributed by atoms with Crippen molar-refractivity contribution in [1.82, 2.24) is 0 Å². The second kappa shape index (κ2) is 9.88. The maximum atomic E-state index is 12.4. The second-order valence-electron chi connectivity index (χ2n) is 7.88. The zero-order chi connectivity index (χ0) is 23.2. The van der Waals surface area contributed by atoms with E-state index in [1.54, 1.807) is 57.2 Å². The number of ketones is 1. The number of benzene rings is 2. The Balaban J connectivity index is 1.99. The maximum Gasteiger partial charge on any atom is 0.412 e. The first-order chi connectivity index (χ1) is 14.4. The number of hydrogen-bond donors (Lipinski definition) is 2. The van der Waals surface area contributed by atoms with Gasteiger partial charge in [0, 0.05) is 16.9 Å². The van der Waals surface area contributed by atoms with Crippen LogP contribution in [0.1, 0.15) is 55.3 Å². The van der Waals surface area contributed by atoms with E-state index < -0.39 is 29.7 Å². The van der Waals surface area contributed by atoms with Gasteiger partial charge in [0.2, 0.25) is 0 Å². The molecule has 2 amide bonds. The third-order valence-electron chi connectivity index (χ3n) is 3.93. The van der Waals surface area contributed by atoms with Crippen molar-refractivity contribution in [3.05, 3.63) is 59.7 Å². The molecule has 8 heteroatoms. The molecular weight excluding hydrogens is 400 g/mol. The summed E-state index contributed by atoms with van der Waals surface area (Å²) in [4.78, 5) is 48.1. The molecule has 0 bridgehead atoms. The van der Waals surface area contributed by atoms with Crippen LogP contribution in [0.3, 0.4) is 0 Å². The minimum Gasteiger partial charge on any atom is -0.449 e. The van der Waals surface area contributed by atoms with E-state index in [1.165, 1.54) is 26.0 Å². The highest BCUT2D eigenvalue weighted by Gasteiger charge is 2.20. The summed E-state index contributed by atoms with van der Waals surface area (Å²) >= 11 is 0. The van der Waals surface area contributed by atoms with E-state index in [0.717, 1.165) is 0 Å². The van der Waals surface area contributed by atoms with E-state index in [4.69, 9.17) is 9.47 Å². The van der Waals surface area contributed by atoms with Gasteiger partial charge in [-0.25, -0.2) is 9.59 Å². The predicted octanol–water partition coefficient (Wildman–Crippen LogP) is 4.42. The number of amides is 2. The highest BCUT2D eigenvalue weighted by Crippen LogP contribution is 2.16. The summed E-state index contributed by atoms with van der Waals surface area (Å²) in [5.74, 6) is -1.40. The number of esters is 1. The molecule has 1 atom stereocenters. The van der Waals surface area contributed by atoms with E-state index in [1.807, 2.05) is 0 Å². The number of carbonyl (C=O) groups excluding carboxylic acids is 4. The first-order valence-electron chi connectivity index (χ1n) is 9.67. The fourth-order valence-electron chi connectivity index (χ4n) is 2.49. The van der Waals surface area contributed by atoms with Gasteiger partial charge in [-0.15, -0.1) is 0 Å². The van der Waals surface area contributed by atoms with Crippen LogP contribution in [0.2, 0.25) is 0 Å². The quantitative estimate of drug-likeness (QED) is 0.522. The van der Waals surface area contributed by atoms with Crippen LogP contribution >= 0.6 is 0 Å². The van der Waals surface area contributed by atoms with Crippen LogP contribution in [-0.4, -0.2) is 35.5 Å². The number of rotatable bonds is 6. The Morgan fingerprint density at radius 1 is 0.871 bits per heavy atom. The molecule has 0 radical (unpaired) electrons. The standard InChI is InChI=1S/C23H26N2O6/c1-14(26)16-8-6-10-18(12-16)24-20(27)15(2)30-21(28)17-9-7-11-19(13-17)25-22(29)31-23(3,4)5/h6-13,15H,1-5H3,(H,24,27)(H,25,29). The monoisotopic (exact) mass is 426 g/mol. The summed E-state index contributed by atoms with van der Waals surface area (Å²) in [7, 11) is 0. The van der Waals surface area contributed by atoms with Crippen LogP contribution in [0, 0.1) is 0 Å². The lowest BCUT2D eigenvalue weighted by Crippen LogP contribution is -2.30. The van der Waals surface area contributed by atoms with Gasteiger partial charge >= 0.3 is 12.1 Å². The number of hydrogen-bond acceptors (Lipinski definition) is 6. The van der Waals surface area contributed by atoms with Gasteiger partial charge in [0.25, 0.3) is 5.91 Å². The van der Waals surface area contributed by atoms with Gasteiger partial charge in [-0.05, 0) is 65.0 Å². The Morgan fingerprint density at radius 2 is 1.42 bits per heavy atom. The molecular formula is C23H26N2O6. The van der Waals surface area contributed by atoms with Crippen LogP contribution in [0.5, 0.6) is 0 Å². The van der Waals surface area contributed by atoms with E-state index in [9.17, 15) is 19.2 Å². The molecule has 0 saturated heterocycles. The van der Waals surface area contributed by atoms with Crippen molar-refractivity contribution in [3.8, 4) is 0 Å². The molecule has 164 valence electrons. The van der Waals surface area contributed by atoms with Crippen molar-refractivity contribution in [2.45, 2.75) is 46.3 Å². The van der Waals surface area contributed by atoms with Crippen LogP contribution in [-0.2, 0) is 14.3 Å². The summed E-state index contributed by atoms with van der Waals surface area (Å²) in [6.45, 7) is 8.08. The van der Waals surface area contributed by atoms with Crippen molar-refractivity contribution >= 4 is 35.1 Å². The Hall–Kier alpha value is -3.68. The third-order valence-corrected chi connectivity index (χ3v) is 3.93. The van der Waals surface area contributed by atoms with E-state index in [0.29, 0.717) is 16.9 Å². The van der Waals surface area contributed by atoms with Gasteiger partial charge in [0.1, 0.15) is 5.60 Å². The van der Waals surface area contributed by atoms with Crippen molar-refractivity contribution in [1.29, 1.82) is 0 Å². The normalized spacial score (nSPS) is 11.8. The van der Waals surface area contributed by atoms with Crippen LogP contribution in [0.4, 0.5) is 16.2 Å². The first kappa shape index (κ1) is 23.6. The Kier molecular flexibility index (Phi) is 7.52. The molecule has 0 heterocycles. The van der Waals surface area contributed by atoms with Crippen molar-refractivity contribution in [2.24, 2.45) is 0 Å². The molecule has 0 aliphatic heterocycles. The molecule has 0 spiro atoms. The van der Waals surface area contributed by atoms with E-state index >= 15 is 0 Å². The first-order valence-corrected chi connectivity index (χ1v) is 9.67. The molecule has 0 fully saturated rings. The molecule has 31 heavy (non-hydrogen) atoms. The molecule has 2 aromatic rings. The fraction of sp³-hybridized carbons (Fsp3) is 0.304. The number of ether oxygens (including phenoxy) is 2. The lowest BCUT2D eigenvalue weighted by Gasteiger charge is -2.19. The summed E-state index contributed by atoms with van der Waals surface area (Å²) in [6, 6.07) is 12.5. The maximum absolute atomic E-state index is 12.4. The second-order valence-corrected chi connectivity index (χ2v) is 7.88. The average molecular weight is 426 g/mol. The van der Waals surface area contributed by atoms with Gasteiger partial charge in [0.05, 0.1) is 5.56 Å². The molecule has 2 N–H and O–H groups in total. The van der Waals surface area contributed by atoms with Crippen molar-refractivity contribution < 1.29 is 28.7 Å². The lowest BCUT2D eigenvalue weighted by molar-refractivity contribution is -0.123. The molecule has 1 unspecified atom stereocenters. The smallest absolute Gasteiger partial charge is 0.412 e. The summed E-state index contributed by atoms with van der Waals surface area (Å²) in [5, 5.41) is 5.15. The van der Waals surface area contributed by atoms with Gasteiger partial charge in [-0.1, -0.05) is 18.2 Å². The Labute approximate surface area is 180 Å². The van der Waals surface area contributed by atoms with E-state index in [-0.39, 0.29) is 11.3 Å². The van der Waals surface area contributed by atoms with Crippen LogP contribution in [0.25, 0.3) is 0 Å². The van der Waals surface area contributed by atoms with Gasteiger partial charge in [0.15, 0.2) is 11.9 Å². The summed E-state index contributed by atoms with van der Waals surface area (Å²) in [5.41, 5.74) is 0.724. The van der Waals surface area contributed by atoms with Gasteiger partial charge < -0.3 is 14.8 Å². The molecule has 0 aromatic heterocycles. The number of Topliss-reactive ketones (excluding diaryl/α,β-unsaturated/α-hetero) is 1. The van der Waals surface area contributed by atoms with Gasteiger partial charge in [-0.2, -0.15) is 0 Å². The number of nitrogens with one attached hydrogen (secondary N) is 2. The minimum absolute atomic E-state index is 0.129. The molecule has 8 nitrogen and oxygen atoms in total. The third kappa shape index (κ3) is 7.58. The lowest BCUT2D eigenvalue weighted by atomic mass is 10.1. The SMILES string of the molecule is CC(=O)c1cccc(NC(=O)C(C)OC(=O)c2cccc(NC(=O)OC(C)(C)C)c2)c1. The van der Waals surface area contributed by atoms with Crippen molar-refractivity contribution in [3.63, 3.8) is 0 Å². The molecule has 0 aliphatic rings. The van der Waals surface area contributed by atoms with Gasteiger partial charge in [-0.3, -0.25) is 14.9 Å². The predicted molar refractivity (Wildman–Crippen MR) is 116 cm³/mol. The average Bonchev–Trinajstić information content (AvgIpc) is 2.66.